The lowest BCUT2D eigenvalue weighted by molar-refractivity contribution is -0.113. The molecule has 0 heterocycles. The molecule has 4 heteroatoms. The molecule has 1 fully saturated rings. The Kier molecular flexibility index (Phi) is 5.22. The van der Waals surface area contributed by atoms with Gasteiger partial charge in [-0.05, 0) is 42.7 Å². The summed E-state index contributed by atoms with van der Waals surface area (Å²) in [6.45, 7) is 0. The first-order chi connectivity index (χ1) is 11.7. The van der Waals surface area contributed by atoms with Gasteiger partial charge in [-0.25, -0.2) is 0 Å². The summed E-state index contributed by atoms with van der Waals surface area (Å²) in [5, 5.41) is 12.5. The second-order valence-corrected chi connectivity index (χ2v) is 7.18. The van der Waals surface area contributed by atoms with Crippen LogP contribution < -0.4 is 5.32 Å². The first-order valence-electron chi connectivity index (χ1n) is 8.21. The maximum atomic E-state index is 12.1. The smallest absolute Gasteiger partial charge is 0.234 e. The van der Waals surface area contributed by atoms with Crippen molar-refractivity contribution in [2.75, 3.05) is 11.1 Å². The Bertz CT molecular complexity index is 728. The highest BCUT2D eigenvalue weighted by atomic mass is 32.2. The van der Waals surface area contributed by atoms with Crippen molar-refractivity contribution in [2.45, 2.75) is 36.0 Å². The van der Waals surface area contributed by atoms with Crippen LogP contribution in [0.4, 0.5) is 5.69 Å². The number of hydrogen-bond acceptors (Lipinski definition) is 3. The zero-order valence-electron chi connectivity index (χ0n) is 13.5. The van der Waals surface area contributed by atoms with Crippen molar-refractivity contribution in [1.29, 1.82) is 5.26 Å². The predicted octanol–water partition coefficient (Wildman–Crippen LogP) is 4.75. The number of anilines is 1. The minimum atomic E-state index is -0.328. The van der Waals surface area contributed by atoms with Gasteiger partial charge in [0.1, 0.15) is 0 Å². The van der Waals surface area contributed by atoms with Gasteiger partial charge in [0.15, 0.2) is 0 Å². The Labute approximate surface area is 147 Å². The van der Waals surface area contributed by atoms with Crippen LogP contribution in [0.25, 0.3) is 0 Å². The summed E-state index contributed by atoms with van der Waals surface area (Å²) in [6.07, 6.45) is 4.09. The molecule has 0 aliphatic heterocycles. The quantitative estimate of drug-likeness (QED) is 0.801. The first kappa shape index (κ1) is 16.6. The molecule has 0 radical (unpaired) electrons. The molecule has 1 N–H and O–H groups in total. The molecule has 2 aromatic rings. The molecule has 2 aromatic carbocycles. The summed E-state index contributed by atoms with van der Waals surface area (Å²) in [7, 11) is 0. The number of amides is 1. The molecule has 1 aliphatic rings. The fourth-order valence-electron chi connectivity index (χ4n) is 3.18. The molecule has 0 saturated heterocycles. The van der Waals surface area contributed by atoms with E-state index in [1.54, 1.807) is 0 Å². The predicted molar refractivity (Wildman–Crippen MR) is 98.0 cm³/mol. The monoisotopic (exact) mass is 336 g/mol. The fourth-order valence-corrected chi connectivity index (χ4v) is 3.90. The highest BCUT2D eigenvalue weighted by molar-refractivity contribution is 8.00. The molecule has 0 bridgehead atoms. The van der Waals surface area contributed by atoms with Gasteiger partial charge in [0.2, 0.25) is 5.91 Å². The van der Waals surface area contributed by atoms with Gasteiger partial charge in [0, 0.05) is 10.6 Å². The largest absolute Gasteiger partial charge is 0.325 e. The lowest BCUT2D eigenvalue weighted by atomic mass is 9.80. The Hall–Kier alpha value is -2.25. The average Bonchev–Trinajstić information content (AvgIpc) is 3.12. The molecule has 3 rings (SSSR count). The van der Waals surface area contributed by atoms with Crippen molar-refractivity contribution >= 4 is 23.4 Å². The summed E-state index contributed by atoms with van der Waals surface area (Å²) in [4.78, 5) is 13.1. The van der Waals surface area contributed by atoms with E-state index in [2.05, 4.69) is 11.4 Å². The maximum Gasteiger partial charge on any atom is 0.234 e. The van der Waals surface area contributed by atoms with Crippen molar-refractivity contribution < 1.29 is 4.79 Å². The van der Waals surface area contributed by atoms with E-state index in [-0.39, 0.29) is 11.3 Å². The van der Waals surface area contributed by atoms with E-state index in [4.69, 9.17) is 0 Å². The summed E-state index contributed by atoms with van der Waals surface area (Å²) in [5.41, 5.74) is 1.52. The van der Waals surface area contributed by atoms with Gasteiger partial charge < -0.3 is 5.32 Å². The number of thioether (sulfide) groups is 1. The van der Waals surface area contributed by atoms with Crippen molar-refractivity contribution in [3.05, 3.63) is 60.2 Å². The van der Waals surface area contributed by atoms with Gasteiger partial charge in [0.25, 0.3) is 0 Å². The van der Waals surface area contributed by atoms with Crippen molar-refractivity contribution in [3.63, 3.8) is 0 Å². The third-order valence-electron chi connectivity index (χ3n) is 4.51. The molecule has 0 aromatic heterocycles. The van der Waals surface area contributed by atoms with Crippen LogP contribution in [0.2, 0.25) is 0 Å². The van der Waals surface area contributed by atoms with Crippen molar-refractivity contribution in [3.8, 4) is 6.07 Å². The van der Waals surface area contributed by atoms with Crippen LogP contribution in [-0.2, 0) is 10.2 Å². The molecule has 0 spiro atoms. The lowest BCUT2D eigenvalue weighted by Gasteiger charge is -2.20. The molecule has 24 heavy (non-hydrogen) atoms. The van der Waals surface area contributed by atoms with Crippen LogP contribution in [0.5, 0.6) is 0 Å². The lowest BCUT2D eigenvalue weighted by Crippen LogP contribution is -2.19. The third kappa shape index (κ3) is 3.80. The van der Waals surface area contributed by atoms with E-state index >= 15 is 0 Å². The zero-order valence-corrected chi connectivity index (χ0v) is 14.3. The SMILES string of the molecule is N#CC1(c2ccc(NC(=O)CSc3ccccc3)cc2)CCCC1. The molecule has 122 valence electrons. The van der Waals surface area contributed by atoms with Crippen LogP contribution in [0, 0.1) is 11.3 Å². The van der Waals surface area contributed by atoms with E-state index in [0.717, 1.165) is 41.8 Å². The molecular formula is C20H20N2OS. The molecule has 0 unspecified atom stereocenters. The topological polar surface area (TPSA) is 52.9 Å². The summed E-state index contributed by atoms with van der Waals surface area (Å²) in [5.74, 6) is 0.362. The summed E-state index contributed by atoms with van der Waals surface area (Å²) in [6, 6.07) is 20.1. The highest BCUT2D eigenvalue weighted by Gasteiger charge is 2.35. The van der Waals surface area contributed by atoms with Crippen molar-refractivity contribution in [2.24, 2.45) is 0 Å². The van der Waals surface area contributed by atoms with Crippen LogP contribution in [0.15, 0.2) is 59.5 Å². The van der Waals surface area contributed by atoms with Gasteiger partial charge in [-0.1, -0.05) is 43.2 Å². The van der Waals surface area contributed by atoms with Crippen LogP contribution >= 0.6 is 11.8 Å². The molecule has 0 atom stereocenters. The second-order valence-electron chi connectivity index (χ2n) is 6.13. The molecule has 3 nitrogen and oxygen atoms in total. The highest BCUT2D eigenvalue weighted by Crippen LogP contribution is 2.40. The minimum absolute atomic E-state index is 0.0209. The van der Waals surface area contributed by atoms with Gasteiger partial charge in [-0.15, -0.1) is 11.8 Å². The Balaban J connectivity index is 1.58. The number of nitrogens with one attached hydrogen (secondary N) is 1. The number of carbonyl (C=O) groups is 1. The van der Waals surface area contributed by atoms with Crippen LogP contribution in [0.3, 0.4) is 0 Å². The third-order valence-corrected chi connectivity index (χ3v) is 5.52. The molecule has 1 amide bonds. The second kappa shape index (κ2) is 7.55. The van der Waals surface area contributed by atoms with Crippen molar-refractivity contribution in [1.82, 2.24) is 0 Å². The number of hydrogen-bond donors (Lipinski definition) is 1. The summed E-state index contributed by atoms with van der Waals surface area (Å²) < 4.78 is 0. The number of nitrogens with zero attached hydrogens (tertiary/aromatic N) is 1. The minimum Gasteiger partial charge on any atom is -0.325 e. The normalized spacial score (nSPS) is 15.6. The van der Waals surface area contributed by atoms with Crippen LogP contribution in [0.1, 0.15) is 31.2 Å². The number of carbonyl (C=O) groups excluding carboxylic acids is 1. The number of benzene rings is 2. The van der Waals surface area contributed by atoms with E-state index in [1.807, 2.05) is 54.6 Å². The zero-order chi connectivity index (χ0) is 16.8. The fraction of sp³-hybridized carbons (Fsp3) is 0.300. The Morgan fingerprint density at radius 3 is 2.38 bits per heavy atom. The summed E-state index contributed by atoms with van der Waals surface area (Å²) >= 11 is 1.52. The van der Waals surface area contributed by atoms with Gasteiger partial charge in [-0.2, -0.15) is 5.26 Å². The van der Waals surface area contributed by atoms with E-state index in [0.29, 0.717) is 5.75 Å². The number of nitriles is 1. The number of rotatable bonds is 5. The molecule has 1 saturated carbocycles. The molecular weight excluding hydrogens is 316 g/mol. The van der Waals surface area contributed by atoms with Gasteiger partial charge in [0.05, 0.1) is 17.2 Å². The maximum absolute atomic E-state index is 12.1. The first-order valence-corrected chi connectivity index (χ1v) is 9.20. The van der Waals surface area contributed by atoms with E-state index < -0.39 is 0 Å². The van der Waals surface area contributed by atoms with Gasteiger partial charge in [-0.3, -0.25) is 4.79 Å². The average molecular weight is 336 g/mol. The van der Waals surface area contributed by atoms with Gasteiger partial charge >= 0.3 is 0 Å². The Morgan fingerprint density at radius 2 is 1.75 bits per heavy atom. The van der Waals surface area contributed by atoms with E-state index in [1.165, 1.54) is 11.8 Å². The van der Waals surface area contributed by atoms with E-state index in [9.17, 15) is 10.1 Å². The standard InChI is InChI=1S/C20H20N2OS/c21-15-20(12-4-5-13-20)16-8-10-17(11-9-16)22-19(23)14-24-18-6-2-1-3-7-18/h1-3,6-11H,4-5,12-14H2,(H,22,23). The van der Waals surface area contributed by atoms with Crippen LogP contribution in [-0.4, -0.2) is 11.7 Å². The Morgan fingerprint density at radius 1 is 1.08 bits per heavy atom. The molecule has 1 aliphatic carbocycles.